The smallest absolute Gasteiger partial charge is 0.0529 e. The zero-order valence-electron chi connectivity index (χ0n) is 11.1. The Labute approximate surface area is 99.5 Å². The van der Waals surface area contributed by atoms with E-state index in [2.05, 4.69) is 33.0 Å². The average molecular weight is 226 g/mol. The largest absolute Gasteiger partial charge is 0.255 e. The zero-order valence-corrected chi connectivity index (χ0v) is 11.1. The summed E-state index contributed by atoms with van der Waals surface area (Å²) in [5, 5.41) is 5.15. The van der Waals surface area contributed by atoms with Crippen molar-refractivity contribution in [3.63, 3.8) is 0 Å². The first-order chi connectivity index (χ1) is 7.63. The number of nitrogens with zero attached hydrogens (tertiary/aromatic N) is 2. The lowest BCUT2D eigenvalue weighted by Crippen LogP contribution is -2.42. The van der Waals surface area contributed by atoms with Gasteiger partial charge in [0.25, 0.3) is 0 Å². The van der Waals surface area contributed by atoms with Crippen molar-refractivity contribution in [2.24, 2.45) is 17.1 Å². The Balaban J connectivity index is 2.63. The molecule has 0 aromatic carbocycles. The minimum Gasteiger partial charge on any atom is -0.255 e. The Morgan fingerprint density at radius 2 is 1.81 bits per heavy atom. The maximum Gasteiger partial charge on any atom is 0.0529 e. The minimum atomic E-state index is 0.336. The van der Waals surface area contributed by atoms with E-state index in [9.17, 15) is 4.91 Å². The molecule has 1 aliphatic carbocycles. The summed E-state index contributed by atoms with van der Waals surface area (Å²) in [7, 11) is 0. The van der Waals surface area contributed by atoms with Gasteiger partial charge in [-0.1, -0.05) is 27.7 Å². The maximum atomic E-state index is 11.0. The van der Waals surface area contributed by atoms with Crippen LogP contribution in [0, 0.1) is 16.7 Å². The van der Waals surface area contributed by atoms with Gasteiger partial charge in [-0.05, 0) is 43.9 Å². The first-order valence-corrected chi connectivity index (χ1v) is 6.75. The monoisotopic (exact) mass is 226 g/mol. The van der Waals surface area contributed by atoms with Crippen molar-refractivity contribution < 1.29 is 0 Å². The predicted octanol–water partition coefficient (Wildman–Crippen LogP) is 3.98. The van der Waals surface area contributed by atoms with Gasteiger partial charge in [-0.2, -0.15) is 0 Å². The number of hydrogen-bond acceptors (Lipinski definition) is 2. The van der Waals surface area contributed by atoms with Gasteiger partial charge < -0.3 is 0 Å². The van der Waals surface area contributed by atoms with Gasteiger partial charge in [0.15, 0.2) is 0 Å². The van der Waals surface area contributed by atoms with Crippen LogP contribution in [0.25, 0.3) is 0 Å². The third-order valence-electron chi connectivity index (χ3n) is 4.36. The summed E-state index contributed by atoms with van der Waals surface area (Å²) in [5.74, 6) is 1.52. The molecule has 0 radical (unpaired) electrons. The van der Waals surface area contributed by atoms with Crippen LogP contribution in [0.4, 0.5) is 0 Å². The summed E-state index contributed by atoms with van der Waals surface area (Å²) >= 11 is 0. The molecule has 0 N–H and O–H groups in total. The van der Waals surface area contributed by atoms with Crippen LogP contribution in [0.2, 0.25) is 0 Å². The second-order valence-corrected chi connectivity index (χ2v) is 5.35. The molecule has 0 aromatic rings. The Bertz CT molecular complexity index is 216. The minimum absolute atomic E-state index is 0.336. The van der Waals surface area contributed by atoms with Gasteiger partial charge in [0.05, 0.1) is 17.4 Å². The highest BCUT2D eigenvalue weighted by atomic mass is 16.3. The van der Waals surface area contributed by atoms with E-state index in [0.717, 1.165) is 37.5 Å². The van der Waals surface area contributed by atoms with Crippen LogP contribution >= 0.6 is 0 Å². The second-order valence-electron chi connectivity index (χ2n) is 5.35. The maximum absolute atomic E-state index is 11.0. The van der Waals surface area contributed by atoms with E-state index in [0.29, 0.717) is 12.1 Å². The van der Waals surface area contributed by atoms with E-state index in [4.69, 9.17) is 0 Å². The zero-order chi connectivity index (χ0) is 12.1. The van der Waals surface area contributed by atoms with Gasteiger partial charge in [0.1, 0.15) is 0 Å². The fourth-order valence-electron chi connectivity index (χ4n) is 2.85. The fraction of sp³-hybridized carbons (Fsp3) is 1.00. The van der Waals surface area contributed by atoms with E-state index < -0.39 is 0 Å². The van der Waals surface area contributed by atoms with Crippen molar-refractivity contribution in [2.45, 2.75) is 71.9 Å². The molecule has 3 heteroatoms. The van der Waals surface area contributed by atoms with Crippen molar-refractivity contribution in [1.82, 2.24) is 5.01 Å². The van der Waals surface area contributed by atoms with Crippen molar-refractivity contribution in [2.75, 3.05) is 0 Å². The van der Waals surface area contributed by atoms with Crippen LogP contribution in [0.1, 0.15) is 59.8 Å². The lowest BCUT2D eigenvalue weighted by atomic mass is 9.78. The van der Waals surface area contributed by atoms with E-state index >= 15 is 0 Å². The molecule has 1 aliphatic rings. The molecule has 0 spiro atoms. The Hall–Kier alpha value is -0.600. The third kappa shape index (κ3) is 2.96. The molecule has 1 rings (SSSR count). The summed E-state index contributed by atoms with van der Waals surface area (Å²) in [6, 6.07) is 0.719. The highest BCUT2D eigenvalue weighted by molar-refractivity contribution is 4.83. The van der Waals surface area contributed by atoms with E-state index in [1.54, 1.807) is 0 Å². The summed E-state index contributed by atoms with van der Waals surface area (Å²) in [4.78, 5) is 11.0. The molecule has 0 saturated heterocycles. The molecule has 3 nitrogen and oxygen atoms in total. The predicted molar refractivity (Wildman–Crippen MR) is 68.0 cm³/mol. The van der Waals surface area contributed by atoms with E-state index in [1.807, 2.05) is 5.01 Å². The molecule has 3 atom stereocenters. The van der Waals surface area contributed by atoms with Crippen LogP contribution in [0.15, 0.2) is 5.29 Å². The first-order valence-electron chi connectivity index (χ1n) is 6.75. The average Bonchev–Trinajstić information content (AvgIpc) is 2.29. The number of hydrogen-bond donors (Lipinski definition) is 0. The Morgan fingerprint density at radius 3 is 2.25 bits per heavy atom. The summed E-state index contributed by atoms with van der Waals surface area (Å²) in [6.07, 6.45) is 5.53. The molecule has 0 heterocycles. The highest BCUT2D eigenvalue weighted by Gasteiger charge is 2.31. The summed E-state index contributed by atoms with van der Waals surface area (Å²) in [5.41, 5.74) is 0. The highest BCUT2D eigenvalue weighted by Crippen LogP contribution is 2.33. The third-order valence-corrected chi connectivity index (χ3v) is 4.36. The Kier molecular flexibility index (Phi) is 5.23. The summed E-state index contributed by atoms with van der Waals surface area (Å²) < 4.78 is 0. The van der Waals surface area contributed by atoms with Crippen LogP contribution < -0.4 is 0 Å². The molecule has 0 bridgehead atoms. The second kappa shape index (κ2) is 6.21. The molecule has 16 heavy (non-hydrogen) atoms. The van der Waals surface area contributed by atoms with Gasteiger partial charge in [0, 0.05) is 0 Å². The van der Waals surface area contributed by atoms with Crippen LogP contribution in [0.3, 0.4) is 0 Å². The lowest BCUT2D eigenvalue weighted by molar-refractivity contribution is 0.0680. The van der Waals surface area contributed by atoms with Gasteiger partial charge in [0.2, 0.25) is 0 Å². The molecule has 3 unspecified atom stereocenters. The van der Waals surface area contributed by atoms with Gasteiger partial charge in [-0.25, -0.2) is 0 Å². The SMILES string of the molecule is CCC(CC)N(N=O)C1CCC(C)C(C)C1. The molecule has 1 fully saturated rings. The van der Waals surface area contributed by atoms with Crippen molar-refractivity contribution in [3.8, 4) is 0 Å². The van der Waals surface area contributed by atoms with Gasteiger partial charge in [-0.15, -0.1) is 4.91 Å². The van der Waals surface area contributed by atoms with Crippen LogP contribution in [-0.4, -0.2) is 17.1 Å². The van der Waals surface area contributed by atoms with E-state index in [1.165, 1.54) is 6.42 Å². The van der Waals surface area contributed by atoms with Gasteiger partial charge >= 0.3 is 0 Å². The lowest BCUT2D eigenvalue weighted by Gasteiger charge is -2.39. The first kappa shape index (κ1) is 13.5. The summed E-state index contributed by atoms with van der Waals surface area (Å²) in [6.45, 7) is 8.89. The number of rotatable bonds is 5. The van der Waals surface area contributed by atoms with Crippen LogP contribution in [-0.2, 0) is 0 Å². The van der Waals surface area contributed by atoms with Gasteiger partial charge in [-0.3, -0.25) is 5.01 Å². The fourth-order valence-corrected chi connectivity index (χ4v) is 2.85. The number of nitroso groups, excluding NO2 is 1. The van der Waals surface area contributed by atoms with Crippen molar-refractivity contribution >= 4 is 0 Å². The molecule has 1 saturated carbocycles. The molecule has 0 aliphatic heterocycles. The van der Waals surface area contributed by atoms with Crippen LogP contribution in [0.5, 0.6) is 0 Å². The molecule has 0 amide bonds. The molecular weight excluding hydrogens is 200 g/mol. The topological polar surface area (TPSA) is 32.7 Å². The molecule has 94 valence electrons. The standard InChI is InChI=1S/C13H26N2O/c1-5-12(6-2)15(14-16)13-8-7-10(3)11(4)9-13/h10-13H,5-9H2,1-4H3. The Morgan fingerprint density at radius 1 is 1.19 bits per heavy atom. The quantitative estimate of drug-likeness (QED) is 0.524. The van der Waals surface area contributed by atoms with E-state index in [-0.39, 0.29) is 0 Å². The van der Waals surface area contributed by atoms with Crippen molar-refractivity contribution in [3.05, 3.63) is 4.91 Å². The molecule has 0 aromatic heterocycles. The normalized spacial score (nSPS) is 30.4. The van der Waals surface area contributed by atoms with Crippen molar-refractivity contribution in [1.29, 1.82) is 0 Å². The molecular formula is C13H26N2O.